The molecular weight excluding hydrogens is 297 g/mol. The predicted molar refractivity (Wildman–Crippen MR) is 74.7 cm³/mol. The van der Waals surface area contributed by atoms with Gasteiger partial charge in [-0.15, -0.1) is 10.2 Å². The lowest BCUT2D eigenvalue weighted by Gasteiger charge is -2.04. The maximum atomic E-state index is 14.0. The predicted octanol–water partition coefficient (Wildman–Crippen LogP) is 2.98. The Morgan fingerprint density at radius 1 is 1.29 bits per heavy atom. The van der Waals surface area contributed by atoms with Crippen molar-refractivity contribution in [2.45, 2.75) is 0 Å². The fourth-order valence-electron chi connectivity index (χ4n) is 1.98. The number of nitrogens with zero attached hydrogens (tertiary/aromatic N) is 3. The first-order valence-corrected chi connectivity index (χ1v) is 6.36. The molecule has 1 aromatic carbocycles. The van der Waals surface area contributed by atoms with E-state index in [4.69, 9.17) is 11.6 Å². The standard InChI is InChI=1S/C14H9ClFN3O2/c1-21-14(20)8-2-5-12-17-18-13(19(12)7-8)10-4-3-9(15)6-11(10)16/h2-7H,1H3. The van der Waals surface area contributed by atoms with Crippen LogP contribution >= 0.6 is 11.6 Å². The third kappa shape index (κ3) is 2.34. The quantitative estimate of drug-likeness (QED) is 0.683. The largest absolute Gasteiger partial charge is 0.465 e. The van der Waals surface area contributed by atoms with Gasteiger partial charge in [0.2, 0.25) is 0 Å². The molecule has 0 amide bonds. The minimum absolute atomic E-state index is 0.244. The van der Waals surface area contributed by atoms with Crippen LogP contribution in [0.25, 0.3) is 17.0 Å². The molecule has 5 nitrogen and oxygen atoms in total. The number of methoxy groups -OCH3 is 1. The number of fused-ring (bicyclic) bond motifs is 1. The Kier molecular flexibility index (Phi) is 3.31. The summed E-state index contributed by atoms with van der Waals surface area (Å²) >= 11 is 5.74. The third-order valence-electron chi connectivity index (χ3n) is 3.00. The van der Waals surface area contributed by atoms with E-state index in [2.05, 4.69) is 14.9 Å². The van der Waals surface area contributed by atoms with E-state index in [1.807, 2.05) is 0 Å². The molecule has 3 rings (SSSR count). The molecule has 0 unspecified atom stereocenters. The first kappa shape index (κ1) is 13.5. The number of benzene rings is 1. The van der Waals surface area contributed by atoms with Crippen LogP contribution in [0.5, 0.6) is 0 Å². The van der Waals surface area contributed by atoms with Gasteiger partial charge in [0.05, 0.1) is 18.2 Å². The number of hydrogen-bond acceptors (Lipinski definition) is 4. The zero-order valence-corrected chi connectivity index (χ0v) is 11.6. The lowest BCUT2D eigenvalue weighted by atomic mass is 10.2. The van der Waals surface area contributed by atoms with Gasteiger partial charge >= 0.3 is 5.97 Å². The van der Waals surface area contributed by atoms with Crippen molar-refractivity contribution in [3.63, 3.8) is 0 Å². The average Bonchev–Trinajstić information content (AvgIpc) is 2.89. The lowest BCUT2D eigenvalue weighted by molar-refractivity contribution is 0.0600. The highest BCUT2D eigenvalue weighted by atomic mass is 35.5. The van der Waals surface area contributed by atoms with Crippen molar-refractivity contribution >= 4 is 23.2 Å². The van der Waals surface area contributed by atoms with Crippen molar-refractivity contribution in [3.8, 4) is 11.4 Å². The molecule has 2 aromatic heterocycles. The molecule has 0 aliphatic heterocycles. The van der Waals surface area contributed by atoms with Crippen molar-refractivity contribution in [1.82, 2.24) is 14.6 Å². The Bertz CT molecular complexity index is 847. The zero-order chi connectivity index (χ0) is 15.0. The Morgan fingerprint density at radius 2 is 2.10 bits per heavy atom. The van der Waals surface area contributed by atoms with E-state index in [1.165, 1.54) is 29.8 Å². The number of carbonyl (C=O) groups is 1. The van der Waals surface area contributed by atoms with Gasteiger partial charge in [0.1, 0.15) is 5.82 Å². The maximum absolute atomic E-state index is 14.0. The van der Waals surface area contributed by atoms with Crippen LogP contribution < -0.4 is 0 Å². The number of pyridine rings is 1. The molecular formula is C14H9ClFN3O2. The van der Waals surface area contributed by atoms with E-state index in [9.17, 15) is 9.18 Å². The summed E-state index contributed by atoms with van der Waals surface area (Å²) in [7, 11) is 1.29. The van der Waals surface area contributed by atoms with Crippen molar-refractivity contribution in [2.75, 3.05) is 7.11 Å². The topological polar surface area (TPSA) is 56.5 Å². The molecule has 0 saturated heterocycles. The minimum Gasteiger partial charge on any atom is -0.465 e. The summed E-state index contributed by atoms with van der Waals surface area (Å²) in [6, 6.07) is 7.45. The molecule has 7 heteroatoms. The van der Waals surface area contributed by atoms with Crippen LogP contribution in [0.1, 0.15) is 10.4 Å². The molecule has 0 spiro atoms. The van der Waals surface area contributed by atoms with Crippen LogP contribution in [0.15, 0.2) is 36.5 Å². The van der Waals surface area contributed by atoms with Crippen LogP contribution in [0.4, 0.5) is 4.39 Å². The zero-order valence-electron chi connectivity index (χ0n) is 10.9. The highest BCUT2D eigenvalue weighted by Gasteiger charge is 2.15. The second kappa shape index (κ2) is 5.14. The molecule has 106 valence electrons. The average molecular weight is 306 g/mol. The number of rotatable bonds is 2. The molecule has 0 atom stereocenters. The maximum Gasteiger partial charge on any atom is 0.339 e. The highest BCUT2D eigenvalue weighted by Crippen LogP contribution is 2.24. The molecule has 0 aliphatic rings. The van der Waals surface area contributed by atoms with Gasteiger partial charge in [-0.25, -0.2) is 9.18 Å². The number of aromatic nitrogens is 3. The monoisotopic (exact) mass is 305 g/mol. The Morgan fingerprint density at radius 3 is 2.81 bits per heavy atom. The van der Waals surface area contributed by atoms with Crippen LogP contribution in [0.3, 0.4) is 0 Å². The summed E-state index contributed by atoms with van der Waals surface area (Å²) in [6.07, 6.45) is 1.50. The fraction of sp³-hybridized carbons (Fsp3) is 0.0714. The third-order valence-corrected chi connectivity index (χ3v) is 3.23. The molecule has 0 N–H and O–H groups in total. The summed E-state index contributed by atoms with van der Waals surface area (Å²) in [5.74, 6) is -0.724. The first-order chi connectivity index (χ1) is 10.1. The molecule has 0 radical (unpaired) electrons. The van der Waals surface area contributed by atoms with E-state index in [1.54, 1.807) is 18.2 Å². The van der Waals surface area contributed by atoms with Crippen molar-refractivity contribution < 1.29 is 13.9 Å². The van der Waals surface area contributed by atoms with E-state index in [-0.39, 0.29) is 11.4 Å². The number of esters is 1. The number of carbonyl (C=O) groups excluding carboxylic acids is 1. The molecule has 3 aromatic rings. The van der Waals surface area contributed by atoms with Crippen LogP contribution in [0, 0.1) is 5.82 Å². The van der Waals surface area contributed by atoms with E-state index < -0.39 is 11.8 Å². The highest BCUT2D eigenvalue weighted by molar-refractivity contribution is 6.30. The normalized spacial score (nSPS) is 10.8. The second-order valence-electron chi connectivity index (χ2n) is 4.29. The van der Waals surface area contributed by atoms with Gasteiger partial charge in [-0.2, -0.15) is 0 Å². The van der Waals surface area contributed by atoms with E-state index >= 15 is 0 Å². The van der Waals surface area contributed by atoms with E-state index in [0.29, 0.717) is 16.2 Å². The Hall–Kier alpha value is -2.47. The smallest absolute Gasteiger partial charge is 0.339 e. The number of halogens is 2. The molecule has 0 aliphatic carbocycles. The van der Waals surface area contributed by atoms with Gasteiger partial charge in [-0.3, -0.25) is 4.40 Å². The second-order valence-corrected chi connectivity index (χ2v) is 4.72. The fourth-order valence-corrected chi connectivity index (χ4v) is 2.14. The van der Waals surface area contributed by atoms with Gasteiger partial charge in [0.25, 0.3) is 0 Å². The summed E-state index contributed by atoms with van der Waals surface area (Å²) in [5, 5.41) is 8.20. The molecule has 0 fully saturated rings. The van der Waals surface area contributed by atoms with Crippen molar-refractivity contribution in [1.29, 1.82) is 0 Å². The summed E-state index contributed by atoms with van der Waals surface area (Å²) in [4.78, 5) is 11.6. The SMILES string of the molecule is COC(=O)c1ccc2nnc(-c3ccc(Cl)cc3F)n2c1. The van der Waals surface area contributed by atoms with Gasteiger partial charge in [0, 0.05) is 11.2 Å². The van der Waals surface area contributed by atoms with Crippen LogP contribution in [0.2, 0.25) is 5.02 Å². The molecule has 2 heterocycles. The van der Waals surface area contributed by atoms with Gasteiger partial charge < -0.3 is 4.74 Å². The van der Waals surface area contributed by atoms with Crippen molar-refractivity contribution in [2.24, 2.45) is 0 Å². The van der Waals surface area contributed by atoms with Crippen LogP contribution in [-0.4, -0.2) is 27.7 Å². The molecule has 0 bridgehead atoms. The number of hydrogen-bond donors (Lipinski definition) is 0. The summed E-state index contributed by atoms with van der Waals surface area (Å²) in [6.45, 7) is 0. The van der Waals surface area contributed by atoms with E-state index in [0.717, 1.165) is 0 Å². The van der Waals surface area contributed by atoms with Gasteiger partial charge in [-0.05, 0) is 30.3 Å². The Labute approximate surface area is 123 Å². The molecule has 21 heavy (non-hydrogen) atoms. The van der Waals surface area contributed by atoms with Gasteiger partial charge in [-0.1, -0.05) is 11.6 Å². The first-order valence-electron chi connectivity index (χ1n) is 5.98. The van der Waals surface area contributed by atoms with Gasteiger partial charge in [0.15, 0.2) is 11.5 Å². The number of ether oxygens (including phenoxy) is 1. The summed E-state index contributed by atoms with van der Waals surface area (Å²) < 4.78 is 20.2. The molecule has 0 saturated carbocycles. The van der Waals surface area contributed by atoms with Crippen molar-refractivity contribution in [3.05, 3.63) is 52.9 Å². The lowest BCUT2D eigenvalue weighted by Crippen LogP contribution is -2.03. The van der Waals surface area contributed by atoms with Crippen LogP contribution in [-0.2, 0) is 4.74 Å². The Balaban J connectivity index is 2.20. The summed E-state index contributed by atoms with van der Waals surface area (Å²) in [5.41, 5.74) is 1.06. The minimum atomic E-state index is -0.514.